The minimum absolute atomic E-state index is 0.104. The quantitative estimate of drug-likeness (QED) is 0.493. The highest BCUT2D eigenvalue weighted by Gasteiger charge is 2.26. The molecule has 0 aliphatic rings. The lowest BCUT2D eigenvalue weighted by atomic mass is 10.2. The SMILES string of the molecule is Nc1c(I)ncc(S(=O)(=O)Cl)c1C(F)F. The van der Waals surface area contributed by atoms with Gasteiger partial charge in [0, 0.05) is 16.9 Å². The summed E-state index contributed by atoms with van der Waals surface area (Å²) in [5.41, 5.74) is 4.14. The van der Waals surface area contributed by atoms with E-state index >= 15 is 0 Å². The third-order valence-electron chi connectivity index (χ3n) is 1.55. The van der Waals surface area contributed by atoms with E-state index in [-0.39, 0.29) is 9.39 Å². The number of rotatable bonds is 2. The number of aromatic nitrogens is 1. The fourth-order valence-corrected chi connectivity index (χ4v) is 2.36. The van der Waals surface area contributed by atoms with E-state index in [1.165, 1.54) is 0 Å². The minimum Gasteiger partial charge on any atom is -0.396 e. The van der Waals surface area contributed by atoms with Gasteiger partial charge in [0.05, 0.1) is 11.3 Å². The Morgan fingerprint density at radius 2 is 2.07 bits per heavy atom. The molecule has 0 aliphatic carbocycles. The van der Waals surface area contributed by atoms with Gasteiger partial charge in [0.15, 0.2) is 0 Å². The van der Waals surface area contributed by atoms with Crippen LogP contribution in [-0.4, -0.2) is 13.4 Å². The maximum Gasteiger partial charge on any atom is 0.267 e. The maximum atomic E-state index is 12.6. The second-order valence-corrected chi connectivity index (χ2v) is 6.04. The van der Waals surface area contributed by atoms with Crippen LogP contribution < -0.4 is 5.73 Å². The summed E-state index contributed by atoms with van der Waals surface area (Å²) in [6, 6.07) is 0. The number of hydrogen-bond donors (Lipinski definition) is 1. The average molecular weight is 369 g/mol. The molecule has 0 aliphatic heterocycles. The van der Waals surface area contributed by atoms with Gasteiger partial charge in [0.1, 0.15) is 8.60 Å². The number of hydrogen-bond acceptors (Lipinski definition) is 4. The van der Waals surface area contributed by atoms with Crippen LogP contribution in [0.2, 0.25) is 0 Å². The van der Waals surface area contributed by atoms with E-state index < -0.39 is 25.9 Å². The Morgan fingerprint density at radius 3 is 2.47 bits per heavy atom. The highest BCUT2D eigenvalue weighted by atomic mass is 127. The summed E-state index contributed by atoms with van der Waals surface area (Å²) in [5, 5.41) is 0. The molecule has 15 heavy (non-hydrogen) atoms. The van der Waals surface area contributed by atoms with Crippen molar-refractivity contribution < 1.29 is 17.2 Å². The van der Waals surface area contributed by atoms with Crippen molar-refractivity contribution in [2.24, 2.45) is 0 Å². The van der Waals surface area contributed by atoms with Crippen molar-refractivity contribution in [1.29, 1.82) is 0 Å². The van der Waals surface area contributed by atoms with Crippen molar-refractivity contribution >= 4 is 48.0 Å². The molecule has 1 rings (SSSR count). The van der Waals surface area contributed by atoms with Crippen molar-refractivity contribution in [1.82, 2.24) is 4.98 Å². The number of nitrogen functional groups attached to an aromatic ring is 1. The molecule has 9 heteroatoms. The fraction of sp³-hybridized carbons (Fsp3) is 0.167. The number of halogens is 4. The Morgan fingerprint density at radius 1 is 1.53 bits per heavy atom. The molecule has 0 atom stereocenters. The van der Waals surface area contributed by atoms with Gasteiger partial charge >= 0.3 is 0 Å². The topological polar surface area (TPSA) is 73.0 Å². The molecular weight excluding hydrogens is 364 g/mol. The molecule has 1 aromatic rings. The molecule has 0 saturated heterocycles. The van der Waals surface area contributed by atoms with Crippen LogP contribution in [0.1, 0.15) is 12.0 Å². The molecule has 0 unspecified atom stereocenters. The number of anilines is 1. The van der Waals surface area contributed by atoms with E-state index in [1.54, 1.807) is 22.6 Å². The fourth-order valence-electron chi connectivity index (χ4n) is 0.918. The Labute approximate surface area is 102 Å². The zero-order valence-corrected chi connectivity index (χ0v) is 10.6. The zero-order chi connectivity index (χ0) is 11.8. The molecule has 0 aromatic carbocycles. The van der Waals surface area contributed by atoms with Gasteiger partial charge < -0.3 is 5.73 Å². The van der Waals surface area contributed by atoms with Crippen LogP contribution in [0.25, 0.3) is 0 Å². The number of pyridine rings is 1. The summed E-state index contributed by atoms with van der Waals surface area (Å²) in [7, 11) is 0.702. The minimum atomic E-state index is -4.27. The van der Waals surface area contributed by atoms with Crippen LogP contribution in [0.5, 0.6) is 0 Å². The van der Waals surface area contributed by atoms with Crippen LogP contribution in [0.4, 0.5) is 14.5 Å². The molecule has 2 N–H and O–H groups in total. The normalized spacial score (nSPS) is 12.1. The highest BCUT2D eigenvalue weighted by molar-refractivity contribution is 14.1. The third kappa shape index (κ3) is 2.67. The number of nitrogens with zero attached hydrogens (tertiary/aromatic N) is 1. The first-order valence-electron chi connectivity index (χ1n) is 3.42. The first-order valence-corrected chi connectivity index (χ1v) is 6.80. The smallest absolute Gasteiger partial charge is 0.267 e. The molecule has 84 valence electrons. The molecule has 0 spiro atoms. The van der Waals surface area contributed by atoms with Crippen LogP contribution in [0.15, 0.2) is 11.1 Å². The lowest BCUT2D eigenvalue weighted by Crippen LogP contribution is -2.07. The van der Waals surface area contributed by atoms with Gasteiger partial charge in [-0.3, -0.25) is 0 Å². The molecule has 0 bridgehead atoms. The van der Waals surface area contributed by atoms with Crippen LogP contribution >= 0.6 is 33.3 Å². The van der Waals surface area contributed by atoms with Gasteiger partial charge in [-0.1, -0.05) is 0 Å². The van der Waals surface area contributed by atoms with Gasteiger partial charge in [-0.25, -0.2) is 22.2 Å². The molecule has 0 saturated carbocycles. The summed E-state index contributed by atoms with van der Waals surface area (Å²) in [6.07, 6.45) is -2.26. The third-order valence-corrected chi connectivity index (χ3v) is 3.76. The summed E-state index contributed by atoms with van der Waals surface area (Å²) in [6.45, 7) is 0. The monoisotopic (exact) mass is 368 g/mol. The zero-order valence-electron chi connectivity index (χ0n) is 6.92. The van der Waals surface area contributed by atoms with E-state index in [2.05, 4.69) is 4.98 Å². The largest absolute Gasteiger partial charge is 0.396 e. The summed E-state index contributed by atoms with van der Waals surface area (Å²) < 4.78 is 47.1. The predicted molar refractivity (Wildman–Crippen MR) is 59.4 cm³/mol. The van der Waals surface area contributed by atoms with Crippen LogP contribution in [0, 0.1) is 3.70 Å². The molecule has 4 nitrogen and oxygen atoms in total. The lowest BCUT2D eigenvalue weighted by molar-refractivity contribution is 0.148. The second-order valence-electron chi connectivity index (χ2n) is 2.48. The van der Waals surface area contributed by atoms with E-state index in [4.69, 9.17) is 16.4 Å². The van der Waals surface area contributed by atoms with Gasteiger partial charge in [-0.15, -0.1) is 0 Å². The standard InChI is InChI=1S/C6H4ClF2IN2O2S/c7-15(13,14)2-1-12-6(10)4(11)3(2)5(8)9/h1,5H,11H2. The van der Waals surface area contributed by atoms with E-state index in [0.717, 1.165) is 6.20 Å². The van der Waals surface area contributed by atoms with Gasteiger partial charge in [-0.2, -0.15) is 0 Å². The number of nitrogens with two attached hydrogens (primary N) is 1. The lowest BCUT2D eigenvalue weighted by Gasteiger charge is -2.09. The summed E-state index contributed by atoms with van der Waals surface area (Å²) in [4.78, 5) is 2.80. The molecule has 0 amide bonds. The van der Waals surface area contributed by atoms with Crippen molar-refractivity contribution in [3.8, 4) is 0 Å². The summed E-state index contributed by atoms with van der Waals surface area (Å²) in [5.74, 6) is 0. The van der Waals surface area contributed by atoms with Gasteiger partial charge in [0.25, 0.3) is 15.5 Å². The first kappa shape index (κ1) is 12.8. The molecule has 1 heterocycles. The van der Waals surface area contributed by atoms with Gasteiger partial charge in [0.2, 0.25) is 0 Å². The van der Waals surface area contributed by atoms with Crippen LogP contribution in [0.3, 0.4) is 0 Å². The molecular formula is C6H4ClF2IN2O2S. The Hall–Kier alpha value is -0.220. The van der Waals surface area contributed by atoms with E-state index in [1.807, 2.05) is 0 Å². The van der Waals surface area contributed by atoms with Crippen molar-refractivity contribution in [3.05, 3.63) is 15.5 Å². The maximum absolute atomic E-state index is 12.6. The predicted octanol–water partition coefficient (Wildman–Crippen LogP) is 2.13. The van der Waals surface area contributed by atoms with E-state index in [9.17, 15) is 17.2 Å². The average Bonchev–Trinajstić information content (AvgIpc) is 2.06. The van der Waals surface area contributed by atoms with Crippen molar-refractivity contribution in [3.63, 3.8) is 0 Å². The highest BCUT2D eigenvalue weighted by Crippen LogP contribution is 2.34. The van der Waals surface area contributed by atoms with Gasteiger partial charge in [-0.05, 0) is 22.6 Å². The van der Waals surface area contributed by atoms with Crippen LogP contribution in [-0.2, 0) is 9.05 Å². The Bertz CT molecular complexity index is 494. The molecule has 0 radical (unpaired) electrons. The first-order chi connectivity index (χ1) is 6.75. The number of alkyl halides is 2. The molecule has 1 aromatic heterocycles. The molecule has 0 fully saturated rings. The Balaban J connectivity index is 3.62. The Kier molecular flexibility index (Phi) is 3.71. The summed E-state index contributed by atoms with van der Waals surface area (Å²) >= 11 is 1.62. The second kappa shape index (κ2) is 4.34. The van der Waals surface area contributed by atoms with Crippen molar-refractivity contribution in [2.45, 2.75) is 11.3 Å². The van der Waals surface area contributed by atoms with E-state index in [0.29, 0.717) is 0 Å². The van der Waals surface area contributed by atoms with Crippen molar-refractivity contribution in [2.75, 3.05) is 5.73 Å².